The van der Waals surface area contributed by atoms with Gasteiger partial charge in [-0.15, -0.1) is 0 Å². The first-order valence-electron chi connectivity index (χ1n) is 1.21. The summed E-state index contributed by atoms with van der Waals surface area (Å²) in [6.45, 7) is -0.750. The van der Waals surface area contributed by atoms with Crippen LogP contribution < -0.4 is 5.73 Å². The molecule has 3 nitrogen and oxygen atoms in total. The van der Waals surface area contributed by atoms with Gasteiger partial charge in [-0.05, 0) is 7.05 Å². The largest absolute Gasteiger partial charge is 0.371 e. The van der Waals surface area contributed by atoms with E-state index in [9.17, 15) is 0 Å². The fraction of sp³-hybridized carbons (Fsp3) is 1.00. The Morgan fingerprint density at radius 3 is 1.40 bits per heavy atom. The van der Waals surface area contributed by atoms with Crippen molar-refractivity contribution in [1.29, 1.82) is 0 Å². The lowest BCUT2D eigenvalue weighted by atomic mass is 11.6. The Balaban J connectivity index is 0. The zero-order valence-corrected chi connectivity index (χ0v) is 3.18. The molecule has 0 aliphatic rings. The summed E-state index contributed by atoms with van der Waals surface area (Å²) in [5.74, 6) is 0. The van der Waals surface area contributed by atoms with Crippen LogP contribution in [0, 0.1) is 0 Å². The number of rotatable bonds is 0. The fourth-order valence-electron chi connectivity index (χ4n) is 0. The molecule has 0 heterocycles. The molecule has 34 valence electrons. The van der Waals surface area contributed by atoms with Crippen molar-refractivity contribution in [1.82, 2.24) is 0 Å². The van der Waals surface area contributed by atoms with E-state index in [2.05, 4.69) is 5.73 Å². The highest BCUT2D eigenvalue weighted by Crippen LogP contribution is 1.17. The first-order valence-corrected chi connectivity index (χ1v) is 1.21. The predicted octanol–water partition coefficient (Wildman–Crippen LogP) is -1.50. The minimum Gasteiger partial charge on any atom is -0.371 e. The zero-order chi connectivity index (χ0) is 4.71. The third-order valence-electron chi connectivity index (χ3n) is 0. The molecule has 4 N–H and O–H groups in total. The van der Waals surface area contributed by atoms with Crippen molar-refractivity contribution in [2.45, 2.75) is 0 Å². The van der Waals surface area contributed by atoms with E-state index in [4.69, 9.17) is 10.2 Å². The van der Waals surface area contributed by atoms with E-state index in [0.29, 0.717) is 0 Å². The highest BCUT2D eigenvalue weighted by atomic mass is 16.5. The summed E-state index contributed by atoms with van der Waals surface area (Å²) < 4.78 is 0. The second kappa shape index (κ2) is 41.6. The van der Waals surface area contributed by atoms with Gasteiger partial charge in [0, 0.05) is 0 Å². The van der Waals surface area contributed by atoms with Gasteiger partial charge in [-0.25, -0.2) is 0 Å². The summed E-state index contributed by atoms with van der Waals surface area (Å²) in [6, 6.07) is 0. The lowest BCUT2D eigenvalue weighted by molar-refractivity contribution is 0.0773. The van der Waals surface area contributed by atoms with Crippen molar-refractivity contribution >= 4 is 0 Å². The van der Waals surface area contributed by atoms with E-state index in [1.165, 1.54) is 7.05 Å². The lowest BCUT2D eigenvalue weighted by Gasteiger charge is -1.55. The van der Waals surface area contributed by atoms with Crippen molar-refractivity contribution in [3.8, 4) is 0 Å². The summed E-state index contributed by atoms with van der Waals surface area (Å²) in [5.41, 5.74) is 4.50. The number of aliphatic hydroxyl groups is 2. The molecular weight excluding hydrogens is 70.0 g/mol. The summed E-state index contributed by atoms with van der Waals surface area (Å²) >= 11 is 0. The van der Waals surface area contributed by atoms with E-state index >= 15 is 0 Å². The van der Waals surface area contributed by atoms with Gasteiger partial charge < -0.3 is 15.9 Å². The van der Waals surface area contributed by atoms with E-state index in [1.54, 1.807) is 0 Å². The molecular formula is C2H9NO2. The highest BCUT2D eigenvalue weighted by molar-refractivity contribution is 3.54. The Morgan fingerprint density at radius 2 is 1.40 bits per heavy atom. The average molecular weight is 79.1 g/mol. The number of aliphatic hydroxyl groups excluding tert-OH is 1. The fourth-order valence-corrected chi connectivity index (χ4v) is 0. The van der Waals surface area contributed by atoms with Gasteiger partial charge in [-0.2, -0.15) is 0 Å². The second-order valence-electron chi connectivity index (χ2n) is 0.141. The standard InChI is InChI=1S/CH5N.CH4O2/c1-2;2-1-3/h2H2,1H3;2-3H,1H2. The molecule has 0 radical (unpaired) electrons. The van der Waals surface area contributed by atoms with Gasteiger partial charge in [0.1, 0.15) is 6.79 Å². The van der Waals surface area contributed by atoms with Gasteiger partial charge in [0.15, 0.2) is 0 Å². The van der Waals surface area contributed by atoms with Crippen LogP contribution in [-0.2, 0) is 0 Å². The molecule has 3 heteroatoms. The molecule has 0 aliphatic carbocycles. The normalized spacial score (nSPS) is 4.80. The third kappa shape index (κ3) is 952. The Bertz CT molecular complexity index is 7.61. The molecule has 0 aromatic heterocycles. The topological polar surface area (TPSA) is 66.5 Å². The maximum atomic E-state index is 7.12. The molecule has 0 spiro atoms. The Kier molecular flexibility index (Phi) is 73.6. The molecule has 5 heavy (non-hydrogen) atoms. The predicted molar refractivity (Wildman–Crippen MR) is 19.4 cm³/mol. The van der Waals surface area contributed by atoms with Crippen LogP contribution in [0.1, 0.15) is 0 Å². The first kappa shape index (κ1) is 8.86. The van der Waals surface area contributed by atoms with E-state index in [1.807, 2.05) is 0 Å². The maximum Gasteiger partial charge on any atom is 0.140 e. The Morgan fingerprint density at radius 1 is 1.40 bits per heavy atom. The van der Waals surface area contributed by atoms with Crippen LogP contribution >= 0.6 is 0 Å². The summed E-state index contributed by atoms with van der Waals surface area (Å²) in [7, 11) is 1.50. The van der Waals surface area contributed by atoms with Crippen LogP contribution in [0.15, 0.2) is 0 Å². The SMILES string of the molecule is CN.OCO. The summed E-state index contributed by atoms with van der Waals surface area (Å²) in [5, 5.41) is 14.2. The van der Waals surface area contributed by atoms with Crippen LogP contribution in [0.25, 0.3) is 0 Å². The third-order valence-corrected chi connectivity index (χ3v) is 0. The Hall–Kier alpha value is -0.120. The van der Waals surface area contributed by atoms with Crippen LogP contribution in [0.4, 0.5) is 0 Å². The average Bonchev–Trinajstić information content (AvgIpc) is 1.46. The van der Waals surface area contributed by atoms with Gasteiger partial charge >= 0.3 is 0 Å². The molecule has 0 aliphatic heterocycles. The van der Waals surface area contributed by atoms with Gasteiger partial charge in [0.25, 0.3) is 0 Å². The molecule has 0 rings (SSSR count). The number of hydrogen-bond acceptors (Lipinski definition) is 3. The molecule has 0 saturated carbocycles. The quantitative estimate of drug-likeness (QED) is 0.310. The zero-order valence-electron chi connectivity index (χ0n) is 3.18. The van der Waals surface area contributed by atoms with Gasteiger partial charge in [0.05, 0.1) is 0 Å². The van der Waals surface area contributed by atoms with Gasteiger partial charge in [-0.3, -0.25) is 0 Å². The molecule has 0 aromatic rings. The molecule has 0 saturated heterocycles. The first-order chi connectivity index (χ1) is 2.41. The minimum absolute atomic E-state index is 0.750. The smallest absolute Gasteiger partial charge is 0.140 e. The Labute approximate surface area is 31.0 Å². The molecule has 0 bridgehead atoms. The molecule has 0 unspecified atom stereocenters. The number of nitrogens with two attached hydrogens (primary N) is 1. The van der Waals surface area contributed by atoms with Gasteiger partial charge in [-0.1, -0.05) is 0 Å². The molecule has 0 aromatic carbocycles. The minimum atomic E-state index is -0.750. The van der Waals surface area contributed by atoms with Crippen molar-refractivity contribution in [3.05, 3.63) is 0 Å². The molecule has 0 amide bonds. The van der Waals surface area contributed by atoms with E-state index < -0.39 is 6.79 Å². The summed E-state index contributed by atoms with van der Waals surface area (Å²) in [4.78, 5) is 0. The highest BCUT2D eigenvalue weighted by Gasteiger charge is 1.32. The van der Waals surface area contributed by atoms with E-state index in [-0.39, 0.29) is 0 Å². The van der Waals surface area contributed by atoms with E-state index in [0.717, 1.165) is 0 Å². The molecule has 0 fully saturated rings. The summed E-state index contributed by atoms with van der Waals surface area (Å²) in [6.07, 6.45) is 0. The molecule has 0 atom stereocenters. The monoisotopic (exact) mass is 79.1 g/mol. The van der Waals surface area contributed by atoms with Crippen molar-refractivity contribution < 1.29 is 10.2 Å². The van der Waals surface area contributed by atoms with Crippen LogP contribution in [0.2, 0.25) is 0 Å². The lowest BCUT2D eigenvalue weighted by Crippen LogP contribution is -1.69. The van der Waals surface area contributed by atoms with Crippen molar-refractivity contribution in [2.24, 2.45) is 5.73 Å². The van der Waals surface area contributed by atoms with Crippen LogP contribution in [-0.4, -0.2) is 24.1 Å². The van der Waals surface area contributed by atoms with Crippen molar-refractivity contribution in [3.63, 3.8) is 0 Å². The van der Waals surface area contributed by atoms with Crippen molar-refractivity contribution in [2.75, 3.05) is 13.8 Å². The van der Waals surface area contributed by atoms with Gasteiger partial charge in [0.2, 0.25) is 0 Å². The maximum absolute atomic E-state index is 7.12. The van der Waals surface area contributed by atoms with Crippen LogP contribution in [0.5, 0.6) is 0 Å². The second-order valence-corrected chi connectivity index (χ2v) is 0.141. The number of hydrogen-bond donors (Lipinski definition) is 3. The van der Waals surface area contributed by atoms with Crippen LogP contribution in [0.3, 0.4) is 0 Å².